The summed E-state index contributed by atoms with van der Waals surface area (Å²) in [5.74, 6) is 0.0220. The average molecular weight is 286 g/mol. The van der Waals surface area contributed by atoms with Crippen molar-refractivity contribution in [2.75, 3.05) is 5.73 Å². The van der Waals surface area contributed by atoms with Crippen molar-refractivity contribution in [3.05, 3.63) is 51.2 Å². The second-order valence-electron chi connectivity index (χ2n) is 5.27. The standard InChI is InChI=1S/C16H18N2OS/c1-10(11-5-7-13(17)8-6-11)18-16(19)15-9-12-3-2-4-14(12)20-15/h5-10H,2-4,17H2,1H3,(H,18,19). The molecule has 1 unspecified atom stereocenters. The van der Waals surface area contributed by atoms with Gasteiger partial charge in [0.15, 0.2) is 0 Å². The van der Waals surface area contributed by atoms with Gasteiger partial charge in [-0.05, 0) is 55.5 Å². The molecule has 0 aliphatic heterocycles. The minimum atomic E-state index is -0.0139. The highest BCUT2D eigenvalue weighted by Crippen LogP contribution is 2.30. The van der Waals surface area contributed by atoms with Gasteiger partial charge in [0.1, 0.15) is 0 Å². The summed E-state index contributed by atoms with van der Waals surface area (Å²) in [5, 5.41) is 3.05. The van der Waals surface area contributed by atoms with E-state index in [1.165, 1.54) is 16.9 Å². The van der Waals surface area contributed by atoms with Gasteiger partial charge < -0.3 is 11.1 Å². The van der Waals surface area contributed by atoms with Gasteiger partial charge in [0.05, 0.1) is 10.9 Å². The Balaban J connectivity index is 1.70. The molecule has 3 N–H and O–H groups in total. The molecule has 1 heterocycles. The van der Waals surface area contributed by atoms with Gasteiger partial charge in [-0.1, -0.05) is 12.1 Å². The molecule has 1 atom stereocenters. The number of carbonyl (C=O) groups excluding carboxylic acids is 1. The van der Waals surface area contributed by atoms with E-state index in [0.29, 0.717) is 0 Å². The lowest BCUT2D eigenvalue weighted by atomic mass is 10.1. The van der Waals surface area contributed by atoms with Gasteiger partial charge in [0.2, 0.25) is 0 Å². The van der Waals surface area contributed by atoms with Crippen molar-refractivity contribution >= 4 is 22.9 Å². The van der Waals surface area contributed by atoms with Crippen molar-refractivity contribution in [2.24, 2.45) is 0 Å². The number of benzene rings is 1. The molecule has 0 saturated carbocycles. The highest BCUT2D eigenvalue weighted by molar-refractivity contribution is 7.14. The number of carbonyl (C=O) groups is 1. The van der Waals surface area contributed by atoms with Gasteiger partial charge in [0.25, 0.3) is 5.91 Å². The van der Waals surface area contributed by atoms with E-state index in [4.69, 9.17) is 5.73 Å². The zero-order chi connectivity index (χ0) is 14.1. The highest BCUT2D eigenvalue weighted by Gasteiger charge is 2.19. The number of anilines is 1. The first-order valence-electron chi connectivity index (χ1n) is 6.91. The zero-order valence-corrected chi connectivity index (χ0v) is 12.3. The van der Waals surface area contributed by atoms with Gasteiger partial charge in [0, 0.05) is 10.6 Å². The topological polar surface area (TPSA) is 55.1 Å². The molecular formula is C16H18N2OS. The quantitative estimate of drug-likeness (QED) is 0.851. The summed E-state index contributed by atoms with van der Waals surface area (Å²) in [6, 6.07) is 9.66. The molecule has 0 bridgehead atoms. The molecular weight excluding hydrogens is 268 g/mol. The molecule has 2 aromatic rings. The summed E-state index contributed by atoms with van der Waals surface area (Å²) in [4.78, 5) is 14.5. The summed E-state index contributed by atoms with van der Waals surface area (Å²) < 4.78 is 0. The van der Waals surface area contributed by atoms with Gasteiger partial charge in [-0.2, -0.15) is 0 Å². The van der Waals surface area contributed by atoms with Gasteiger partial charge in [-0.3, -0.25) is 4.79 Å². The number of nitrogens with two attached hydrogens (primary N) is 1. The predicted molar refractivity (Wildman–Crippen MR) is 83.1 cm³/mol. The van der Waals surface area contributed by atoms with Crippen LogP contribution in [0.2, 0.25) is 0 Å². The van der Waals surface area contributed by atoms with Crippen LogP contribution in [-0.2, 0) is 12.8 Å². The van der Waals surface area contributed by atoms with Crippen molar-refractivity contribution < 1.29 is 4.79 Å². The summed E-state index contributed by atoms with van der Waals surface area (Å²) in [6.45, 7) is 1.99. The molecule has 104 valence electrons. The fourth-order valence-corrected chi connectivity index (χ4v) is 3.73. The molecule has 0 spiro atoms. The number of nitrogens with one attached hydrogen (secondary N) is 1. The Morgan fingerprint density at radius 3 is 2.75 bits per heavy atom. The Bertz CT molecular complexity index is 609. The SMILES string of the molecule is CC(NC(=O)c1cc2c(s1)CCC2)c1ccc(N)cc1. The average Bonchev–Trinajstić information content (AvgIpc) is 2.99. The van der Waals surface area contributed by atoms with Crippen LogP contribution in [0.4, 0.5) is 5.69 Å². The second-order valence-corrected chi connectivity index (χ2v) is 6.41. The van der Waals surface area contributed by atoms with Crippen molar-refractivity contribution in [1.29, 1.82) is 0 Å². The third-order valence-electron chi connectivity index (χ3n) is 3.75. The number of thiophene rings is 1. The Kier molecular flexibility index (Phi) is 3.49. The summed E-state index contributed by atoms with van der Waals surface area (Å²) in [5.41, 5.74) is 8.84. The first kappa shape index (κ1) is 13.2. The first-order chi connectivity index (χ1) is 9.63. The lowest BCUT2D eigenvalue weighted by molar-refractivity contribution is 0.0944. The van der Waals surface area contributed by atoms with Crippen LogP contribution < -0.4 is 11.1 Å². The van der Waals surface area contributed by atoms with Gasteiger partial charge >= 0.3 is 0 Å². The second kappa shape index (κ2) is 5.29. The molecule has 1 aliphatic carbocycles. The van der Waals surface area contributed by atoms with Crippen LogP contribution in [0.1, 0.15) is 45.1 Å². The van der Waals surface area contributed by atoms with Crippen LogP contribution in [-0.4, -0.2) is 5.91 Å². The van der Waals surface area contributed by atoms with E-state index >= 15 is 0 Å². The normalized spacial score (nSPS) is 14.8. The molecule has 1 aliphatic rings. The molecule has 3 rings (SSSR count). The first-order valence-corrected chi connectivity index (χ1v) is 7.73. The lowest BCUT2D eigenvalue weighted by Crippen LogP contribution is -2.25. The van der Waals surface area contributed by atoms with E-state index in [1.54, 1.807) is 11.3 Å². The van der Waals surface area contributed by atoms with Gasteiger partial charge in [-0.15, -0.1) is 11.3 Å². The number of amides is 1. The number of fused-ring (bicyclic) bond motifs is 1. The lowest BCUT2D eigenvalue weighted by Gasteiger charge is -2.13. The fourth-order valence-electron chi connectivity index (χ4n) is 2.58. The van der Waals surface area contributed by atoms with E-state index in [-0.39, 0.29) is 11.9 Å². The Labute approximate surface area is 122 Å². The minimum Gasteiger partial charge on any atom is -0.399 e. The maximum atomic E-state index is 12.3. The maximum Gasteiger partial charge on any atom is 0.261 e. The van der Waals surface area contributed by atoms with Crippen molar-refractivity contribution in [1.82, 2.24) is 5.32 Å². The monoisotopic (exact) mass is 286 g/mol. The van der Waals surface area contributed by atoms with Crippen LogP contribution in [0.5, 0.6) is 0 Å². The molecule has 0 fully saturated rings. The molecule has 0 saturated heterocycles. The van der Waals surface area contributed by atoms with Crippen LogP contribution in [0.15, 0.2) is 30.3 Å². The van der Waals surface area contributed by atoms with E-state index in [0.717, 1.165) is 29.0 Å². The Hall–Kier alpha value is -1.81. The predicted octanol–water partition coefficient (Wildman–Crippen LogP) is 3.31. The zero-order valence-electron chi connectivity index (χ0n) is 11.5. The molecule has 1 aromatic heterocycles. The van der Waals surface area contributed by atoms with Crippen LogP contribution >= 0.6 is 11.3 Å². The number of nitrogen functional groups attached to an aromatic ring is 1. The van der Waals surface area contributed by atoms with Crippen molar-refractivity contribution in [2.45, 2.75) is 32.2 Å². The largest absolute Gasteiger partial charge is 0.399 e. The summed E-state index contributed by atoms with van der Waals surface area (Å²) in [6.07, 6.45) is 3.47. The van der Waals surface area contributed by atoms with E-state index < -0.39 is 0 Å². The highest BCUT2D eigenvalue weighted by atomic mass is 32.1. The third-order valence-corrected chi connectivity index (χ3v) is 4.99. The number of rotatable bonds is 3. The summed E-state index contributed by atoms with van der Waals surface area (Å²) >= 11 is 1.64. The van der Waals surface area contributed by atoms with Gasteiger partial charge in [-0.25, -0.2) is 0 Å². The molecule has 1 amide bonds. The van der Waals surface area contributed by atoms with Crippen LogP contribution in [0, 0.1) is 0 Å². The van der Waals surface area contributed by atoms with Crippen molar-refractivity contribution in [3.63, 3.8) is 0 Å². The van der Waals surface area contributed by atoms with Crippen molar-refractivity contribution in [3.8, 4) is 0 Å². The van der Waals surface area contributed by atoms with E-state index in [9.17, 15) is 4.79 Å². The third kappa shape index (κ3) is 2.56. The Morgan fingerprint density at radius 2 is 2.05 bits per heavy atom. The number of hydrogen-bond donors (Lipinski definition) is 2. The molecule has 0 radical (unpaired) electrons. The Morgan fingerprint density at radius 1 is 1.30 bits per heavy atom. The van der Waals surface area contributed by atoms with E-state index in [1.807, 2.05) is 31.2 Å². The fraction of sp³-hybridized carbons (Fsp3) is 0.312. The smallest absolute Gasteiger partial charge is 0.261 e. The van der Waals surface area contributed by atoms with E-state index in [2.05, 4.69) is 11.4 Å². The maximum absolute atomic E-state index is 12.3. The van der Waals surface area contributed by atoms with Crippen LogP contribution in [0.3, 0.4) is 0 Å². The number of hydrogen-bond acceptors (Lipinski definition) is 3. The molecule has 3 nitrogen and oxygen atoms in total. The van der Waals surface area contributed by atoms with Crippen LogP contribution in [0.25, 0.3) is 0 Å². The summed E-state index contributed by atoms with van der Waals surface area (Å²) in [7, 11) is 0. The molecule has 1 aromatic carbocycles. The molecule has 4 heteroatoms. The molecule has 20 heavy (non-hydrogen) atoms. The number of aryl methyl sites for hydroxylation is 2. The minimum absolute atomic E-state index is 0.0139.